The summed E-state index contributed by atoms with van der Waals surface area (Å²) < 4.78 is 25.4. The zero-order valence-corrected chi connectivity index (χ0v) is 21.7. The molecule has 0 aliphatic heterocycles. The van der Waals surface area contributed by atoms with Crippen molar-refractivity contribution in [2.24, 2.45) is 0 Å². The molecule has 0 unspecified atom stereocenters. The van der Waals surface area contributed by atoms with Crippen molar-refractivity contribution in [3.05, 3.63) is 83.7 Å². The van der Waals surface area contributed by atoms with Gasteiger partial charge < -0.3 is 9.47 Å². The fourth-order valence-corrected chi connectivity index (χ4v) is 4.13. The Balaban J connectivity index is 1.50. The van der Waals surface area contributed by atoms with E-state index in [2.05, 4.69) is 38.1 Å². The third-order valence-corrected chi connectivity index (χ3v) is 6.34. The minimum Gasteiger partial charge on any atom is -0.491 e. The number of unbranched alkanes of at least 4 members (excludes halogenated alkanes) is 7. The van der Waals surface area contributed by atoms with Gasteiger partial charge in [0.1, 0.15) is 5.75 Å². The van der Waals surface area contributed by atoms with Crippen LogP contribution in [0.2, 0.25) is 0 Å². The molecule has 0 radical (unpaired) electrons. The topological polar surface area (TPSA) is 35.5 Å². The van der Waals surface area contributed by atoms with Crippen molar-refractivity contribution in [1.29, 1.82) is 0 Å². The molecule has 0 bridgehead atoms. The van der Waals surface area contributed by atoms with Gasteiger partial charge in [0.2, 0.25) is 0 Å². The van der Waals surface area contributed by atoms with E-state index in [0.717, 1.165) is 30.4 Å². The van der Waals surface area contributed by atoms with Crippen LogP contribution < -0.4 is 9.47 Å². The lowest BCUT2D eigenvalue weighted by atomic mass is 10.0. The van der Waals surface area contributed by atoms with Crippen molar-refractivity contribution in [1.82, 2.24) is 0 Å². The molecule has 0 aromatic heterocycles. The Kier molecular flexibility index (Phi) is 11.5. The zero-order chi connectivity index (χ0) is 25.6. The van der Waals surface area contributed by atoms with Gasteiger partial charge in [-0.1, -0.05) is 95.2 Å². The van der Waals surface area contributed by atoms with Gasteiger partial charge in [-0.25, -0.2) is 9.18 Å². The molecule has 0 saturated carbocycles. The molecule has 0 atom stereocenters. The first-order chi connectivity index (χ1) is 17.6. The summed E-state index contributed by atoms with van der Waals surface area (Å²) in [6, 6.07) is 20.2. The van der Waals surface area contributed by atoms with Gasteiger partial charge in [-0.2, -0.15) is 0 Å². The van der Waals surface area contributed by atoms with Gasteiger partial charge in [0, 0.05) is 0 Å². The van der Waals surface area contributed by atoms with Crippen molar-refractivity contribution in [3.63, 3.8) is 0 Å². The first-order valence-electron chi connectivity index (χ1n) is 13.4. The third kappa shape index (κ3) is 8.82. The fourth-order valence-electron chi connectivity index (χ4n) is 4.13. The maximum Gasteiger partial charge on any atom is 0.343 e. The van der Waals surface area contributed by atoms with Gasteiger partial charge in [0.15, 0.2) is 11.6 Å². The van der Waals surface area contributed by atoms with E-state index in [-0.39, 0.29) is 11.3 Å². The molecule has 0 aliphatic carbocycles. The minimum atomic E-state index is -0.597. The highest BCUT2D eigenvalue weighted by molar-refractivity contribution is 5.91. The number of carbonyl (C=O) groups is 1. The van der Waals surface area contributed by atoms with E-state index in [4.69, 9.17) is 9.47 Å². The molecule has 4 heteroatoms. The molecule has 0 N–H and O–H groups in total. The van der Waals surface area contributed by atoms with Crippen LogP contribution in [0.1, 0.15) is 87.6 Å². The second-order valence-electron chi connectivity index (χ2n) is 9.33. The van der Waals surface area contributed by atoms with Crippen molar-refractivity contribution in [3.8, 4) is 22.6 Å². The Bertz CT molecular complexity index is 1060. The molecule has 3 nitrogen and oxygen atoms in total. The molecule has 3 rings (SSSR count). The molecule has 0 fully saturated rings. The maximum absolute atomic E-state index is 14.4. The van der Waals surface area contributed by atoms with Crippen LogP contribution >= 0.6 is 0 Å². The molecule has 192 valence electrons. The second-order valence-corrected chi connectivity index (χ2v) is 9.33. The van der Waals surface area contributed by atoms with Crippen molar-refractivity contribution < 1.29 is 18.7 Å². The molecule has 3 aromatic carbocycles. The quantitative estimate of drug-likeness (QED) is 0.121. The van der Waals surface area contributed by atoms with Crippen LogP contribution in [0, 0.1) is 5.82 Å². The number of esters is 1. The number of halogens is 1. The van der Waals surface area contributed by atoms with E-state index in [9.17, 15) is 9.18 Å². The lowest BCUT2D eigenvalue weighted by Crippen LogP contribution is -2.09. The van der Waals surface area contributed by atoms with E-state index in [1.165, 1.54) is 68.7 Å². The predicted molar refractivity (Wildman–Crippen MR) is 145 cm³/mol. The smallest absolute Gasteiger partial charge is 0.343 e. The van der Waals surface area contributed by atoms with Crippen LogP contribution in [0.25, 0.3) is 11.1 Å². The second kappa shape index (κ2) is 15.1. The molecule has 0 spiro atoms. The molecule has 0 aliphatic rings. The van der Waals surface area contributed by atoms with Crippen LogP contribution in [-0.4, -0.2) is 12.6 Å². The van der Waals surface area contributed by atoms with E-state index in [0.29, 0.717) is 12.4 Å². The number of ether oxygens (including phenoxy) is 2. The lowest BCUT2D eigenvalue weighted by molar-refractivity contribution is 0.0734. The monoisotopic (exact) mass is 490 g/mol. The number of aryl methyl sites for hydroxylation is 1. The third-order valence-electron chi connectivity index (χ3n) is 6.34. The molecule has 0 heterocycles. The summed E-state index contributed by atoms with van der Waals surface area (Å²) in [6.45, 7) is 4.87. The summed E-state index contributed by atoms with van der Waals surface area (Å²) in [6.07, 6.45) is 11.7. The Labute approximate surface area is 215 Å². The summed E-state index contributed by atoms with van der Waals surface area (Å²) in [7, 11) is 0. The van der Waals surface area contributed by atoms with E-state index >= 15 is 0 Å². The zero-order valence-electron chi connectivity index (χ0n) is 21.7. The Hall–Kier alpha value is -3.14. The normalized spacial score (nSPS) is 10.9. The molecule has 0 saturated heterocycles. The lowest BCUT2D eigenvalue weighted by Gasteiger charge is -2.09. The average molecular weight is 491 g/mol. The van der Waals surface area contributed by atoms with Gasteiger partial charge in [-0.05, 0) is 66.3 Å². The number of benzene rings is 3. The highest BCUT2D eigenvalue weighted by atomic mass is 19.1. The summed E-state index contributed by atoms with van der Waals surface area (Å²) in [5.41, 5.74) is 3.68. The maximum atomic E-state index is 14.4. The van der Waals surface area contributed by atoms with Crippen LogP contribution in [0.5, 0.6) is 11.5 Å². The van der Waals surface area contributed by atoms with Gasteiger partial charge in [-0.3, -0.25) is 0 Å². The first-order valence-corrected chi connectivity index (χ1v) is 13.4. The Morgan fingerprint density at radius 3 is 1.97 bits per heavy atom. The predicted octanol–water partition coefficient (Wildman–Crippen LogP) is 9.18. The Morgan fingerprint density at radius 2 is 1.33 bits per heavy atom. The van der Waals surface area contributed by atoms with E-state index in [1.807, 2.05) is 12.1 Å². The van der Waals surface area contributed by atoms with E-state index in [1.54, 1.807) is 12.1 Å². The largest absolute Gasteiger partial charge is 0.491 e. The van der Waals surface area contributed by atoms with Gasteiger partial charge in [0.05, 0.1) is 12.2 Å². The summed E-state index contributed by atoms with van der Waals surface area (Å²) in [5, 5.41) is 0. The van der Waals surface area contributed by atoms with Gasteiger partial charge in [-0.15, -0.1) is 0 Å². The summed E-state index contributed by atoms with van der Waals surface area (Å²) in [5.74, 6) is -0.565. The Morgan fingerprint density at radius 1 is 0.722 bits per heavy atom. The molecular formula is C32H39FO3. The fraction of sp³-hybridized carbons (Fsp3) is 0.406. The molecule has 0 amide bonds. The standard InChI is InChI=1S/C32H39FO3/c1-3-5-7-9-11-23-35-31-22-19-28(24-30(31)33)32(34)36-29-20-17-27(18-21-29)26-15-13-25(14-16-26)12-10-8-6-4-2/h13-22,24H,3-12,23H2,1-2H3. The summed E-state index contributed by atoms with van der Waals surface area (Å²) >= 11 is 0. The van der Waals surface area contributed by atoms with Crippen LogP contribution in [0.4, 0.5) is 4.39 Å². The molecular weight excluding hydrogens is 451 g/mol. The van der Waals surface area contributed by atoms with Crippen molar-refractivity contribution in [2.75, 3.05) is 6.61 Å². The van der Waals surface area contributed by atoms with Gasteiger partial charge >= 0.3 is 5.97 Å². The number of hydrogen-bond acceptors (Lipinski definition) is 3. The highest BCUT2D eigenvalue weighted by Crippen LogP contribution is 2.25. The average Bonchev–Trinajstić information content (AvgIpc) is 2.90. The van der Waals surface area contributed by atoms with E-state index < -0.39 is 11.8 Å². The van der Waals surface area contributed by atoms with Crippen molar-refractivity contribution in [2.45, 2.75) is 78.1 Å². The van der Waals surface area contributed by atoms with Crippen molar-refractivity contribution >= 4 is 5.97 Å². The SMILES string of the molecule is CCCCCCCOc1ccc(C(=O)Oc2ccc(-c3ccc(CCCCCC)cc3)cc2)cc1F. The van der Waals surface area contributed by atoms with Crippen LogP contribution in [-0.2, 0) is 6.42 Å². The first kappa shape index (κ1) is 27.4. The highest BCUT2D eigenvalue weighted by Gasteiger charge is 2.13. The van der Waals surface area contributed by atoms with Gasteiger partial charge in [0.25, 0.3) is 0 Å². The minimum absolute atomic E-state index is 0.154. The number of carbonyl (C=O) groups excluding carboxylic acids is 1. The number of rotatable bonds is 15. The van der Waals surface area contributed by atoms with Crippen LogP contribution in [0.15, 0.2) is 66.7 Å². The number of hydrogen-bond donors (Lipinski definition) is 0. The molecule has 36 heavy (non-hydrogen) atoms. The summed E-state index contributed by atoms with van der Waals surface area (Å²) in [4.78, 5) is 12.5. The van der Waals surface area contributed by atoms with Crippen LogP contribution in [0.3, 0.4) is 0 Å². The molecule has 3 aromatic rings.